The Morgan fingerprint density at radius 2 is 1.13 bits per heavy atom. The van der Waals surface area contributed by atoms with Gasteiger partial charge in [0.15, 0.2) is 5.78 Å². The monoisotopic (exact) mass is 526 g/mol. The molecule has 0 aliphatic rings. The van der Waals surface area contributed by atoms with Crippen molar-refractivity contribution in [1.82, 2.24) is 0 Å². The summed E-state index contributed by atoms with van der Waals surface area (Å²) in [6, 6.07) is 18.4. The average Bonchev–Trinajstić information content (AvgIpc) is 2.93. The lowest BCUT2D eigenvalue weighted by atomic mass is 9.98. The number of hydrogen-bond donors (Lipinski definition) is 0. The fraction of sp³-hybridized carbons (Fsp3) is 0.125. The molecule has 0 aliphatic carbocycles. The van der Waals surface area contributed by atoms with Gasteiger partial charge >= 0.3 is 11.9 Å². The van der Waals surface area contributed by atoms with E-state index in [9.17, 15) is 19.2 Å². The third-order valence-corrected chi connectivity index (χ3v) is 5.06. The van der Waals surface area contributed by atoms with Crippen molar-refractivity contribution >= 4 is 24.0 Å². The van der Waals surface area contributed by atoms with Gasteiger partial charge in [-0.05, 0) is 80.4 Å². The van der Waals surface area contributed by atoms with Crippen molar-refractivity contribution in [1.29, 1.82) is 0 Å². The van der Waals surface area contributed by atoms with Gasteiger partial charge in [-0.2, -0.15) is 0 Å². The Morgan fingerprint density at radius 3 is 1.54 bits per heavy atom. The first-order chi connectivity index (χ1) is 18.5. The van der Waals surface area contributed by atoms with Gasteiger partial charge in [-0.3, -0.25) is 9.59 Å². The predicted molar refractivity (Wildman–Crippen MR) is 150 cm³/mol. The normalized spacial score (nSPS) is 9.74. The summed E-state index contributed by atoms with van der Waals surface area (Å²) in [5.74, 6) is 0.0283. The number of ether oxygens (including phenoxy) is 3. The second-order valence-corrected chi connectivity index (χ2v) is 8.60. The van der Waals surface area contributed by atoms with Crippen molar-refractivity contribution in [2.75, 3.05) is 7.11 Å². The fourth-order valence-electron chi connectivity index (χ4n) is 3.00. The third kappa shape index (κ3) is 8.79. The molecular weight excluding hydrogens is 496 g/mol. The van der Waals surface area contributed by atoms with Gasteiger partial charge in [0, 0.05) is 27.8 Å². The highest BCUT2D eigenvalue weighted by atomic mass is 16.5. The number of carbonyl (C=O) groups is 4. The Bertz CT molecular complexity index is 1410. The molecule has 3 aromatic carbocycles. The fourth-order valence-corrected chi connectivity index (χ4v) is 3.00. The molecule has 0 bridgehead atoms. The zero-order valence-electron chi connectivity index (χ0n) is 22.4. The first kappa shape index (κ1) is 30.2. The van der Waals surface area contributed by atoms with Crippen LogP contribution in [0.2, 0.25) is 0 Å². The molecule has 7 heteroatoms. The summed E-state index contributed by atoms with van der Waals surface area (Å²) in [4.78, 5) is 45.7. The van der Waals surface area contributed by atoms with E-state index in [1.165, 1.54) is 7.11 Å². The first-order valence-corrected chi connectivity index (χ1v) is 11.8. The first-order valence-electron chi connectivity index (χ1n) is 11.8. The van der Waals surface area contributed by atoms with Crippen LogP contribution in [-0.2, 0) is 14.4 Å². The molecule has 0 saturated heterocycles. The minimum atomic E-state index is -0.526. The molecule has 200 valence electrons. The van der Waals surface area contributed by atoms with E-state index in [4.69, 9.17) is 14.2 Å². The van der Waals surface area contributed by atoms with E-state index in [0.29, 0.717) is 39.5 Å². The van der Waals surface area contributed by atoms with E-state index >= 15 is 0 Å². The van der Waals surface area contributed by atoms with Crippen LogP contribution in [0, 0.1) is 0 Å². The molecule has 0 atom stereocenters. The number of carbonyl (C=O) groups excluding carboxylic acids is 4. The minimum absolute atomic E-state index is 0.204. The van der Waals surface area contributed by atoms with Gasteiger partial charge in [-0.15, -0.1) is 0 Å². The number of methoxy groups -OCH3 is 1. The van der Waals surface area contributed by atoms with Gasteiger partial charge in [0.2, 0.25) is 0 Å². The topological polar surface area (TPSA) is 96.0 Å². The third-order valence-electron chi connectivity index (χ3n) is 5.06. The van der Waals surface area contributed by atoms with E-state index in [1.807, 2.05) is 0 Å². The molecule has 0 saturated carbocycles. The Balaban J connectivity index is 0.000000976. The molecule has 0 unspecified atom stereocenters. The lowest BCUT2D eigenvalue weighted by molar-refractivity contribution is -0.130. The molecule has 0 fully saturated rings. The molecule has 3 aromatic rings. The van der Waals surface area contributed by atoms with Crippen molar-refractivity contribution in [2.24, 2.45) is 0 Å². The maximum absolute atomic E-state index is 13.0. The number of rotatable bonds is 9. The molecule has 0 heterocycles. The molecule has 0 spiro atoms. The van der Waals surface area contributed by atoms with Crippen molar-refractivity contribution in [3.05, 3.63) is 114 Å². The van der Waals surface area contributed by atoms with Crippen LogP contribution < -0.4 is 14.2 Å². The quantitative estimate of drug-likeness (QED) is 0.106. The molecule has 39 heavy (non-hydrogen) atoms. The SMILES string of the molecule is C=C(C)C(=O)Oc1ccc(C(=O)c2ccc(-c3ccc(OC(=O)C(=C)C)cc3)c(OC)c2)cc1.C=C(C)C=O. The van der Waals surface area contributed by atoms with Gasteiger partial charge in [-0.25, -0.2) is 9.59 Å². The van der Waals surface area contributed by atoms with Crippen molar-refractivity contribution in [2.45, 2.75) is 20.8 Å². The zero-order chi connectivity index (χ0) is 29.1. The molecular formula is C32H30O7. The molecule has 0 aliphatic heterocycles. The van der Waals surface area contributed by atoms with Crippen molar-refractivity contribution in [3.8, 4) is 28.4 Å². The average molecular weight is 527 g/mol. The Kier molecular flexibility index (Phi) is 10.9. The van der Waals surface area contributed by atoms with Crippen LogP contribution >= 0.6 is 0 Å². The molecule has 0 aromatic heterocycles. The van der Waals surface area contributed by atoms with Gasteiger partial charge < -0.3 is 14.2 Å². The second-order valence-electron chi connectivity index (χ2n) is 8.60. The second kappa shape index (κ2) is 14.0. The molecule has 0 N–H and O–H groups in total. The lowest BCUT2D eigenvalue weighted by Crippen LogP contribution is -2.08. The number of benzene rings is 3. The molecule has 3 rings (SSSR count). The Hall–Kier alpha value is -5.04. The lowest BCUT2D eigenvalue weighted by Gasteiger charge is -2.12. The predicted octanol–water partition coefficient (Wildman–Crippen LogP) is 6.32. The maximum atomic E-state index is 13.0. The van der Waals surface area contributed by atoms with Crippen LogP contribution in [0.25, 0.3) is 11.1 Å². The van der Waals surface area contributed by atoms with Crippen LogP contribution in [0.4, 0.5) is 0 Å². The van der Waals surface area contributed by atoms with Crippen molar-refractivity contribution in [3.63, 3.8) is 0 Å². The molecule has 0 radical (unpaired) electrons. The van der Waals surface area contributed by atoms with E-state index < -0.39 is 11.9 Å². The minimum Gasteiger partial charge on any atom is -0.496 e. The van der Waals surface area contributed by atoms with Gasteiger partial charge in [0.05, 0.1) is 7.11 Å². The number of ketones is 1. The van der Waals surface area contributed by atoms with Crippen LogP contribution in [-0.4, -0.2) is 31.1 Å². The summed E-state index contributed by atoms with van der Waals surface area (Å²) in [5.41, 5.74) is 3.66. The number of hydrogen-bond acceptors (Lipinski definition) is 7. The molecule has 0 amide bonds. The van der Waals surface area contributed by atoms with E-state index in [2.05, 4.69) is 19.7 Å². The summed E-state index contributed by atoms with van der Waals surface area (Å²) in [6.45, 7) is 15.2. The highest BCUT2D eigenvalue weighted by Gasteiger charge is 2.15. The highest BCUT2D eigenvalue weighted by Crippen LogP contribution is 2.33. The summed E-state index contributed by atoms with van der Waals surface area (Å²) in [5, 5.41) is 0. The van der Waals surface area contributed by atoms with Gasteiger partial charge in [0.25, 0.3) is 0 Å². The number of allylic oxidation sites excluding steroid dienone is 1. The van der Waals surface area contributed by atoms with Crippen LogP contribution in [0.1, 0.15) is 36.7 Å². The maximum Gasteiger partial charge on any atom is 0.338 e. The van der Waals surface area contributed by atoms with Crippen LogP contribution in [0.5, 0.6) is 17.2 Å². The molecule has 7 nitrogen and oxygen atoms in total. The smallest absolute Gasteiger partial charge is 0.338 e. The summed E-state index contributed by atoms with van der Waals surface area (Å²) >= 11 is 0. The van der Waals surface area contributed by atoms with E-state index in [-0.39, 0.29) is 11.4 Å². The van der Waals surface area contributed by atoms with Crippen molar-refractivity contribution < 1.29 is 33.4 Å². The van der Waals surface area contributed by atoms with E-state index in [1.54, 1.807) is 87.5 Å². The van der Waals surface area contributed by atoms with E-state index in [0.717, 1.165) is 17.4 Å². The highest BCUT2D eigenvalue weighted by molar-refractivity contribution is 6.09. The van der Waals surface area contributed by atoms with Crippen LogP contribution in [0.15, 0.2) is 103 Å². The summed E-state index contributed by atoms with van der Waals surface area (Å²) in [7, 11) is 1.53. The summed E-state index contributed by atoms with van der Waals surface area (Å²) in [6.07, 6.45) is 0.722. The Morgan fingerprint density at radius 1 is 0.692 bits per heavy atom. The number of esters is 2. The zero-order valence-corrected chi connectivity index (χ0v) is 22.4. The van der Waals surface area contributed by atoms with Crippen LogP contribution in [0.3, 0.4) is 0 Å². The number of aldehydes is 1. The largest absolute Gasteiger partial charge is 0.496 e. The van der Waals surface area contributed by atoms with Gasteiger partial charge in [-0.1, -0.05) is 37.9 Å². The Labute approximate surface area is 228 Å². The van der Waals surface area contributed by atoms with Gasteiger partial charge in [0.1, 0.15) is 23.5 Å². The summed E-state index contributed by atoms with van der Waals surface area (Å²) < 4.78 is 15.9. The standard InChI is InChI=1S/C28H24O6.C4H6O/c1-17(2)27(30)33-22-11-6-19(7-12-22)24-15-10-21(16-25(24)32-5)26(29)20-8-13-23(14-9-20)34-28(31)18(3)4;1-4(2)3-5/h6-16H,1,3H2,2,4-5H3;3H,1H2,2H3.